The van der Waals surface area contributed by atoms with E-state index in [0.29, 0.717) is 24.1 Å². The lowest BCUT2D eigenvalue weighted by Crippen LogP contribution is -2.65. The number of nitrogens with zero attached hydrogens (tertiary/aromatic N) is 2. The Morgan fingerprint density at radius 1 is 1.04 bits per heavy atom. The van der Waals surface area contributed by atoms with Crippen molar-refractivity contribution in [1.82, 2.24) is 15.2 Å². The van der Waals surface area contributed by atoms with Crippen molar-refractivity contribution >= 4 is 17.5 Å². The zero-order valence-electron chi connectivity index (χ0n) is 14.3. The lowest BCUT2D eigenvalue weighted by atomic mass is 9.87. The molecule has 2 fully saturated rings. The highest BCUT2D eigenvalue weighted by atomic mass is 16.2. The number of aromatic nitrogens is 1. The molecular formula is C20H20N4O2. The second kappa shape index (κ2) is 5.56. The van der Waals surface area contributed by atoms with Gasteiger partial charge in [-0.1, -0.05) is 18.2 Å². The van der Waals surface area contributed by atoms with Gasteiger partial charge >= 0.3 is 0 Å². The number of piperidine rings is 1. The van der Waals surface area contributed by atoms with Gasteiger partial charge in [-0.15, -0.1) is 0 Å². The van der Waals surface area contributed by atoms with E-state index in [-0.39, 0.29) is 23.9 Å². The Hall–Kier alpha value is -2.89. The van der Waals surface area contributed by atoms with E-state index in [9.17, 15) is 9.59 Å². The fraction of sp³-hybridized carbons (Fsp3) is 0.350. The summed E-state index contributed by atoms with van der Waals surface area (Å²) in [7, 11) is 0. The van der Waals surface area contributed by atoms with Gasteiger partial charge in [-0.25, -0.2) is 0 Å². The standard InChI is InChI=1S/C20H20N4O2/c25-18-15-5-1-2-6-16(15)22-20(23-18)11-13-8-9-14(12-20)24(13)19(26)17-7-3-4-10-21-17/h1-7,10,13-14,22H,8-9,11-12H2,(H,23,25)/t13-,14+,20?. The molecule has 5 rings (SSSR count). The Morgan fingerprint density at radius 3 is 2.50 bits per heavy atom. The summed E-state index contributed by atoms with van der Waals surface area (Å²) in [5.41, 5.74) is 1.57. The number of benzene rings is 1. The second-order valence-electron chi connectivity index (χ2n) is 7.43. The Labute approximate surface area is 151 Å². The quantitative estimate of drug-likeness (QED) is 0.830. The molecule has 0 radical (unpaired) electrons. The summed E-state index contributed by atoms with van der Waals surface area (Å²) in [6.45, 7) is 0. The number of para-hydroxylation sites is 1. The van der Waals surface area contributed by atoms with E-state index < -0.39 is 5.66 Å². The van der Waals surface area contributed by atoms with Crippen LogP contribution < -0.4 is 10.6 Å². The summed E-state index contributed by atoms with van der Waals surface area (Å²) in [6.07, 6.45) is 5.00. The van der Waals surface area contributed by atoms with Crippen LogP contribution in [0.15, 0.2) is 48.7 Å². The van der Waals surface area contributed by atoms with Crippen LogP contribution in [0.3, 0.4) is 0 Å². The summed E-state index contributed by atoms with van der Waals surface area (Å²) < 4.78 is 0. The molecule has 26 heavy (non-hydrogen) atoms. The molecule has 1 unspecified atom stereocenters. The largest absolute Gasteiger partial charge is 0.362 e. The smallest absolute Gasteiger partial charge is 0.272 e. The molecule has 4 heterocycles. The number of pyridine rings is 1. The fourth-order valence-corrected chi connectivity index (χ4v) is 4.77. The molecular weight excluding hydrogens is 328 g/mol. The fourth-order valence-electron chi connectivity index (χ4n) is 4.77. The molecule has 132 valence electrons. The van der Waals surface area contributed by atoms with Crippen molar-refractivity contribution in [2.75, 3.05) is 5.32 Å². The lowest BCUT2D eigenvalue weighted by molar-refractivity contribution is 0.0445. The van der Waals surface area contributed by atoms with E-state index in [2.05, 4.69) is 15.6 Å². The van der Waals surface area contributed by atoms with Gasteiger partial charge in [0, 0.05) is 36.8 Å². The van der Waals surface area contributed by atoms with Crippen molar-refractivity contribution < 1.29 is 9.59 Å². The van der Waals surface area contributed by atoms with E-state index in [1.807, 2.05) is 41.3 Å². The zero-order chi connectivity index (χ0) is 17.7. The summed E-state index contributed by atoms with van der Waals surface area (Å²) in [4.78, 5) is 31.7. The maximum absolute atomic E-state index is 13.0. The first kappa shape index (κ1) is 15.4. The van der Waals surface area contributed by atoms with Crippen LogP contribution >= 0.6 is 0 Å². The van der Waals surface area contributed by atoms with E-state index in [1.54, 1.807) is 12.3 Å². The number of carbonyl (C=O) groups is 2. The van der Waals surface area contributed by atoms with Gasteiger partial charge in [-0.05, 0) is 37.1 Å². The van der Waals surface area contributed by atoms with Crippen molar-refractivity contribution in [3.8, 4) is 0 Å². The van der Waals surface area contributed by atoms with Crippen LogP contribution in [0.25, 0.3) is 0 Å². The van der Waals surface area contributed by atoms with Gasteiger partial charge in [-0.3, -0.25) is 14.6 Å². The van der Waals surface area contributed by atoms with Crippen LogP contribution in [-0.2, 0) is 0 Å². The molecule has 6 heteroatoms. The van der Waals surface area contributed by atoms with E-state index in [4.69, 9.17) is 0 Å². The number of carbonyl (C=O) groups excluding carboxylic acids is 2. The first-order valence-corrected chi connectivity index (χ1v) is 9.09. The molecule has 2 saturated heterocycles. The van der Waals surface area contributed by atoms with Crippen molar-refractivity contribution in [2.45, 2.75) is 43.4 Å². The molecule has 2 amide bonds. The van der Waals surface area contributed by atoms with Gasteiger partial charge in [-0.2, -0.15) is 0 Å². The molecule has 3 aliphatic heterocycles. The predicted octanol–water partition coefficient (Wildman–Crippen LogP) is 2.40. The van der Waals surface area contributed by atoms with Crippen LogP contribution in [0.2, 0.25) is 0 Å². The third-order valence-corrected chi connectivity index (χ3v) is 5.81. The topological polar surface area (TPSA) is 74.3 Å². The Morgan fingerprint density at radius 2 is 1.77 bits per heavy atom. The molecule has 1 aromatic carbocycles. The minimum atomic E-state index is -0.474. The van der Waals surface area contributed by atoms with Crippen LogP contribution in [-0.4, -0.2) is 39.4 Å². The van der Waals surface area contributed by atoms with Gasteiger partial charge in [0.25, 0.3) is 11.8 Å². The molecule has 3 atom stereocenters. The zero-order valence-corrected chi connectivity index (χ0v) is 14.3. The van der Waals surface area contributed by atoms with Crippen molar-refractivity contribution in [1.29, 1.82) is 0 Å². The monoisotopic (exact) mass is 348 g/mol. The maximum atomic E-state index is 13.0. The highest BCUT2D eigenvalue weighted by molar-refractivity contribution is 6.02. The maximum Gasteiger partial charge on any atom is 0.272 e. The normalized spacial score (nSPS) is 29.1. The number of amides is 2. The number of anilines is 1. The minimum absolute atomic E-state index is 0.00418. The van der Waals surface area contributed by atoms with Crippen LogP contribution in [0.4, 0.5) is 5.69 Å². The van der Waals surface area contributed by atoms with Gasteiger partial charge in [0.2, 0.25) is 0 Å². The summed E-state index contributed by atoms with van der Waals surface area (Å²) in [5.74, 6) is -0.0428. The van der Waals surface area contributed by atoms with Gasteiger partial charge in [0.15, 0.2) is 0 Å². The Balaban J connectivity index is 1.43. The number of fused-ring (bicyclic) bond motifs is 3. The first-order valence-electron chi connectivity index (χ1n) is 9.09. The summed E-state index contributed by atoms with van der Waals surface area (Å²) in [6, 6.07) is 13.2. The molecule has 3 aliphatic rings. The molecule has 2 aromatic rings. The molecule has 2 N–H and O–H groups in total. The number of hydrogen-bond acceptors (Lipinski definition) is 4. The molecule has 1 aromatic heterocycles. The van der Waals surface area contributed by atoms with Crippen LogP contribution in [0, 0.1) is 0 Å². The molecule has 6 nitrogen and oxygen atoms in total. The van der Waals surface area contributed by atoms with Crippen LogP contribution in [0.5, 0.6) is 0 Å². The summed E-state index contributed by atoms with van der Waals surface area (Å²) >= 11 is 0. The van der Waals surface area contributed by atoms with Crippen molar-refractivity contribution in [3.05, 3.63) is 59.9 Å². The Bertz CT molecular complexity index is 868. The highest BCUT2D eigenvalue weighted by Gasteiger charge is 2.52. The lowest BCUT2D eigenvalue weighted by Gasteiger charge is -2.49. The second-order valence-corrected chi connectivity index (χ2v) is 7.43. The molecule has 1 spiro atoms. The van der Waals surface area contributed by atoms with Gasteiger partial charge in [0.05, 0.1) is 5.56 Å². The molecule has 0 aliphatic carbocycles. The van der Waals surface area contributed by atoms with E-state index >= 15 is 0 Å². The van der Waals surface area contributed by atoms with E-state index in [1.165, 1.54) is 0 Å². The molecule has 0 saturated carbocycles. The number of nitrogens with one attached hydrogen (secondary N) is 2. The van der Waals surface area contributed by atoms with Gasteiger partial charge in [0.1, 0.15) is 11.4 Å². The van der Waals surface area contributed by atoms with E-state index in [0.717, 1.165) is 18.5 Å². The van der Waals surface area contributed by atoms with Crippen LogP contribution in [0.1, 0.15) is 46.5 Å². The number of rotatable bonds is 1. The van der Waals surface area contributed by atoms with Crippen molar-refractivity contribution in [3.63, 3.8) is 0 Å². The third kappa shape index (κ3) is 2.29. The minimum Gasteiger partial charge on any atom is -0.362 e. The highest BCUT2D eigenvalue weighted by Crippen LogP contribution is 2.43. The van der Waals surface area contributed by atoms with Gasteiger partial charge < -0.3 is 15.5 Å². The van der Waals surface area contributed by atoms with Crippen molar-refractivity contribution in [2.24, 2.45) is 0 Å². The average molecular weight is 348 g/mol. The third-order valence-electron chi connectivity index (χ3n) is 5.81. The average Bonchev–Trinajstić information content (AvgIpc) is 2.94. The predicted molar refractivity (Wildman–Crippen MR) is 96.7 cm³/mol. The first-order chi connectivity index (χ1) is 12.7. The summed E-state index contributed by atoms with van der Waals surface area (Å²) in [5, 5.41) is 6.74. The molecule has 2 bridgehead atoms. The number of hydrogen-bond donors (Lipinski definition) is 2. The Kier molecular flexibility index (Phi) is 3.29. The SMILES string of the molecule is O=C1NC2(C[C@H]3CC[C@@H](C2)N3C(=O)c2ccccn2)Nc2ccccc21.